The molecule has 0 radical (unpaired) electrons. The Kier molecular flexibility index (Phi) is 6.05. The Labute approximate surface area is 161 Å². The van der Waals surface area contributed by atoms with Crippen LogP contribution in [0.4, 0.5) is 4.79 Å². The van der Waals surface area contributed by atoms with Gasteiger partial charge in [0.15, 0.2) is 0 Å². The van der Waals surface area contributed by atoms with Crippen LogP contribution in [0.3, 0.4) is 0 Å². The maximum Gasteiger partial charge on any atom is 0.318 e. The summed E-state index contributed by atoms with van der Waals surface area (Å²) in [6, 6.07) is 7.02. The molecule has 0 bridgehead atoms. The summed E-state index contributed by atoms with van der Waals surface area (Å²) in [4.78, 5) is 27.8. The fourth-order valence-corrected chi connectivity index (χ4v) is 4.39. The maximum atomic E-state index is 12.9. The van der Waals surface area contributed by atoms with E-state index in [1.54, 1.807) is 0 Å². The number of carbonyl (C=O) groups excluding carboxylic acids is 1. The summed E-state index contributed by atoms with van der Waals surface area (Å²) >= 11 is 0. The van der Waals surface area contributed by atoms with Crippen LogP contribution in [0.15, 0.2) is 18.2 Å². The SMILES string of the molecule is CCN(CC(=O)O)C1CC(NC(=O)N2CCCC2c2cc(C)ccc2C)C1. The predicted molar refractivity (Wildman–Crippen MR) is 105 cm³/mol. The van der Waals surface area contributed by atoms with Gasteiger partial charge in [-0.1, -0.05) is 30.7 Å². The number of nitrogens with one attached hydrogen (secondary N) is 1. The molecule has 2 N–H and O–H groups in total. The molecule has 1 aliphatic carbocycles. The average molecular weight is 373 g/mol. The molecule has 6 nitrogen and oxygen atoms in total. The largest absolute Gasteiger partial charge is 0.480 e. The molecule has 1 unspecified atom stereocenters. The molecule has 2 amide bonds. The molecule has 3 rings (SSSR count). The number of likely N-dealkylation sites (tertiary alicyclic amines) is 1. The van der Waals surface area contributed by atoms with Crippen LogP contribution in [0.1, 0.15) is 55.3 Å². The Morgan fingerprint density at radius 3 is 2.70 bits per heavy atom. The van der Waals surface area contributed by atoms with Crippen molar-refractivity contribution in [3.63, 3.8) is 0 Å². The van der Waals surface area contributed by atoms with E-state index in [9.17, 15) is 9.59 Å². The number of urea groups is 1. The summed E-state index contributed by atoms with van der Waals surface area (Å²) in [5.41, 5.74) is 3.72. The van der Waals surface area contributed by atoms with Crippen molar-refractivity contribution in [1.29, 1.82) is 0 Å². The van der Waals surface area contributed by atoms with E-state index in [-0.39, 0.29) is 30.7 Å². The van der Waals surface area contributed by atoms with Crippen LogP contribution in [0.2, 0.25) is 0 Å². The first-order valence-corrected chi connectivity index (χ1v) is 9.99. The predicted octanol–water partition coefficient (Wildman–Crippen LogP) is 3.09. The molecule has 0 aromatic heterocycles. The van der Waals surface area contributed by atoms with Gasteiger partial charge in [0.1, 0.15) is 0 Å². The third-order valence-corrected chi connectivity index (χ3v) is 6.01. The lowest BCUT2D eigenvalue weighted by molar-refractivity contribution is -0.139. The number of hydrogen-bond donors (Lipinski definition) is 2. The van der Waals surface area contributed by atoms with Crippen LogP contribution >= 0.6 is 0 Å². The number of hydrogen-bond acceptors (Lipinski definition) is 3. The van der Waals surface area contributed by atoms with Crippen LogP contribution in [0, 0.1) is 13.8 Å². The minimum Gasteiger partial charge on any atom is -0.480 e. The van der Waals surface area contributed by atoms with Crippen LogP contribution in [0.25, 0.3) is 0 Å². The molecular formula is C21H31N3O3. The number of carbonyl (C=O) groups is 2. The van der Waals surface area contributed by atoms with E-state index in [0.717, 1.165) is 38.8 Å². The van der Waals surface area contributed by atoms with Crippen molar-refractivity contribution in [1.82, 2.24) is 15.1 Å². The molecule has 6 heteroatoms. The molecular weight excluding hydrogens is 342 g/mol. The molecule has 1 heterocycles. The topological polar surface area (TPSA) is 72.9 Å². The lowest BCUT2D eigenvalue weighted by Gasteiger charge is -2.43. The second-order valence-corrected chi connectivity index (χ2v) is 7.94. The highest BCUT2D eigenvalue weighted by atomic mass is 16.4. The summed E-state index contributed by atoms with van der Waals surface area (Å²) in [6.45, 7) is 7.77. The number of carboxylic acids is 1. The Bertz CT molecular complexity index is 700. The standard InChI is InChI=1S/C21H31N3O3/c1-4-23(13-20(25)26)17-11-16(12-17)22-21(27)24-9-5-6-19(24)18-10-14(2)7-8-15(18)3/h7-8,10,16-17,19H,4-6,9,11-13H2,1-3H3,(H,22,27)(H,25,26). The number of aliphatic carboxylic acids is 1. The third-order valence-electron chi connectivity index (χ3n) is 6.01. The lowest BCUT2D eigenvalue weighted by atomic mass is 9.85. The highest BCUT2D eigenvalue weighted by molar-refractivity contribution is 5.75. The monoisotopic (exact) mass is 373 g/mol. The van der Waals surface area contributed by atoms with Crippen molar-refractivity contribution in [2.24, 2.45) is 0 Å². The molecule has 27 heavy (non-hydrogen) atoms. The normalized spacial score (nSPS) is 24.7. The number of nitrogens with zero attached hydrogens (tertiary/aromatic N) is 2. The minimum absolute atomic E-state index is 0.0168. The van der Waals surface area contributed by atoms with E-state index < -0.39 is 5.97 Å². The third kappa shape index (κ3) is 4.43. The second kappa shape index (κ2) is 8.30. The quantitative estimate of drug-likeness (QED) is 0.804. The van der Waals surface area contributed by atoms with Gasteiger partial charge < -0.3 is 15.3 Å². The second-order valence-electron chi connectivity index (χ2n) is 7.94. The number of rotatable bonds is 6. The average Bonchev–Trinajstić information content (AvgIpc) is 3.07. The van der Waals surface area contributed by atoms with Crippen LogP contribution in [-0.2, 0) is 4.79 Å². The maximum absolute atomic E-state index is 12.9. The summed E-state index contributed by atoms with van der Waals surface area (Å²) in [7, 11) is 0. The smallest absolute Gasteiger partial charge is 0.318 e. The molecule has 1 aromatic carbocycles. The van der Waals surface area contributed by atoms with Crippen molar-refractivity contribution in [3.05, 3.63) is 34.9 Å². The zero-order chi connectivity index (χ0) is 19.6. The molecule has 2 fully saturated rings. The van der Waals surface area contributed by atoms with Crippen molar-refractivity contribution < 1.29 is 14.7 Å². The van der Waals surface area contributed by atoms with E-state index in [1.807, 2.05) is 16.7 Å². The van der Waals surface area contributed by atoms with Crippen molar-refractivity contribution >= 4 is 12.0 Å². The van der Waals surface area contributed by atoms with E-state index in [2.05, 4.69) is 37.4 Å². The first-order chi connectivity index (χ1) is 12.9. The van der Waals surface area contributed by atoms with Gasteiger partial charge in [-0.25, -0.2) is 4.79 Å². The Morgan fingerprint density at radius 2 is 2.04 bits per heavy atom. The van der Waals surface area contributed by atoms with Gasteiger partial charge in [0.05, 0.1) is 12.6 Å². The van der Waals surface area contributed by atoms with Crippen molar-refractivity contribution in [2.45, 2.75) is 64.6 Å². The number of carboxylic acid groups (broad SMARTS) is 1. The zero-order valence-electron chi connectivity index (χ0n) is 16.6. The molecule has 1 saturated carbocycles. The molecule has 1 aromatic rings. The van der Waals surface area contributed by atoms with Gasteiger partial charge in [-0.05, 0) is 57.2 Å². The summed E-state index contributed by atoms with van der Waals surface area (Å²) in [5.74, 6) is -0.794. The molecule has 1 saturated heterocycles. The van der Waals surface area contributed by atoms with Crippen LogP contribution in [0.5, 0.6) is 0 Å². The Hall–Kier alpha value is -2.08. The number of aryl methyl sites for hydroxylation is 2. The Morgan fingerprint density at radius 1 is 1.30 bits per heavy atom. The first kappa shape index (κ1) is 19.7. The fourth-order valence-electron chi connectivity index (χ4n) is 4.39. The van der Waals surface area contributed by atoms with E-state index in [0.29, 0.717) is 0 Å². The molecule has 1 aliphatic heterocycles. The summed E-state index contributed by atoms with van der Waals surface area (Å²) in [6.07, 6.45) is 3.69. The lowest BCUT2D eigenvalue weighted by Crippen LogP contribution is -2.56. The van der Waals surface area contributed by atoms with Crippen molar-refractivity contribution in [2.75, 3.05) is 19.6 Å². The number of benzene rings is 1. The van der Waals surface area contributed by atoms with Gasteiger partial charge in [0, 0.05) is 18.6 Å². The molecule has 2 aliphatic rings. The van der Waals surface area contributed by atoms with Crippen LogP contribution in [-0.4, -0.2) is 58.6 Å². The van der Waals surface area contributed by atoms with Gasteiger partial charge in [-0.15, -0.1) is 0 Å². The summed E-state index contributed by atoms with van der Waals surface area (Å²) < 4.78 is 0. The number of likely N-dealkylation sites (N-methyl/N-ethyl adjacent to an activating group) is 1. The van der Waals surface area contributed by atoms with E-state index >= 15 is 0 Å². The summed E-state index contributed by atoms with van der Waals surface area (Å²) in [5, 5.41) is 12.2. The van der Waals surface area contributed by atoms with Gasteiger partial charge in [0.2, 0.25) is 0 Å². The molecule has 148 valence electrons. The number of amides is 2. The Balaban J connectivity index is 1.57. The highest BCUT2D eigenvalue weighted by Crippen LogP contribution is 2.35. The molecule has 1 atom stereocenters. The van der Waals surface area contributed by atoms with Gasteiger partial charge in [-0.2, -0.15) is 0 Å². The van der Waals surface area contributed by atoms with Gasteiger partial charge in [0.25, 0.3) is 0 Å². The molecule has 0 spiro atoms. The van der Waals surface area contributed by atoms with Gasteiger partial charge >= 0.3 is 12.0 Å². The van der Waals surface area contributed by atoms with Crippen LogP contribution < -0.4 is 5.32 Å². The minimum atomic E-state index is -0.794. The van der Waals surface area contributed by atoms with Crippen molar-refractivity contribution in [3.8, 4) is 0 Å². The highest BCUT2D eigenvalue weighted by Gasteiger charge is 2.37. The van der Waals surface area contributed by atoms with E-state index in [4.69, 9.17) is 5.11 Å². The first-order valence-electron chi connectivity index (χ1n) is 9.99. The van der Waals surface area contributed by atoms with Gasteiger partial charge in [-0.3, -0.25) is 9.69 Å². The fraction of sp³-hybridized carbons (Fsp3) is 0.619. The van der Waals surface area contributed by atoms with E-state index in [1.165, 1.54) is 16.7 Å². The zero-order valence-corrected chi connectivity index (χ0v) is 16.6.